The van der Waals surface area contributed by atoms with E-state index in [-0.39, 0.29) is 11.7 Å². The van der Waals surface area contributed by atoms with E-state index in [0.717, 1.165) is 58.8 Å². The number of rotatable bonds is 3. The molecule has 0 unspecified atom stereocenters. The number of carbonyl (C=O) groups is 1. The maximum atomic E-state index is 13.0. The third kappa shape index (κ3) is 2.53. The van der Waals surface area contributed by atoms with Crippen LogP contribution in [0.15, 0.2) is 24.5 Å². The van der Waals surface area contributed by atoms with Gasteiger partial charge in [0.05, 0.1) is 13.2 Å². The molecule has 3 saturated heterocycles. The summed E-state index contributed by atoms with van der Waals surface area (Å²) in [6.45, 7) is 8.03. The Morgan fingerprint density at radius 3 is 2.88 bits per heavy atom. The summed E-state index contributed by atoms with van der Waals surface area (Å²) in [6.07, 6.45) is 5.59. The summed E-state index contributed by atoms with van der Waals surface area (Å²) in [5.41, 5.74) is 1.11. The molecule has 130 valence electrons. The van der Waals surface area contributed by atoms with Crippen LogP contribution in [0.1, 0.15) is 25.3 Å². The summed E-state index contributed by atoms with van der Waals surface area (Å²) >= 11 is 0. The summed E-state index contributed by atoms with van der Waals surface area (Å²) in [4.78, 5) is 24.2. The van der Waals surface area contributed by atoms with Crippen LogP contribution in [0.5, 0.6) is 0 Å². The van der Waals surface area contributed by atoms with E-state index in [4.69, 9.17) is 4.74 Å². The summed E-state index contributed by atoms with van der Waals surface area (Å²) < 4.78 is 5.58. The molecule has 3 aliphatic rings. The van der Waals surface area contributed by atoms with Gasteiger partial charge in [-0.15, -0.1) is 0 Å². The first-order chi connectivity index (χ1) is 11.7. The predicted molar refractivity (Wildman–Crippen MR) is 90.2 cm³/mol. The fourth-order valence-electron chi connectivity index (χ4n) is 4.69. The molecule has 0 aliphatic carbocycles. The standard InChI is InChI=1S/C18H26N4O2/c1-2-21-17(23)16-14-20(13-15-4-3-7-19-12-15)8-9-22(16)18(21)5-10-24-11-6-18/h3-4,7,12,16H,2,5-6,8-11,13-14H2,1H3/t16-/m1/s1. The van der Waals surface area contributed by atoms with Crippen molar-refractivity contribution in [1.29, 1.82) is 0 Å². The molecule has 4 rings (SSSR count). The van der Waals surface area contributed by atoms with Crippen LogP contribution >= 0.6 is 0 Å². The van der Waals surface area contributed by atoms with Gasteiger partial charge in [0.1, 0.15) is 11.7 Å². The smallest absolute Gasteiger partial charge is 0.242 e. The lowest BCUT2D eigenvalue weighted by Crippen LogP contribution is -2.61. The summed E-state index contributed by atoms with van der Waals surface area (Å²) in [7, 11) is 0. The van der Waals surface area contributed by atoms with Crippen molar-refractivity contribution >= 4 is 5.91 Å². The van der Waals surface area contributed by atoms with E-state index in [1.807, 2.05) is 12.3 Å². The molecule has 6 heteroatoms. The highest BCUT2D eigenvalue weighted by Gasteiger charge is 2.57. The summed E-state index contributed by atoms with van der Waals surface area (Å²) in [5.74, 6) is 0.301. The van der Waals surface area contributed by atoms with Crippen molar-refractivity contribution in [3.05, 3.63) is 30.1 Å². The van der Waals surface area contributed by atoms with Crippen molar-refractivity contribution in [1.82, 2.24) is 19.7 Å². The van der Waals surface area contributed by atoms with Gasteiger partial charge in [0.25, 0.3) is 0 Å². The number of pyridine rings is 1. The number of piperazine rings is 1. The molecule has 0 radical (unpaired) electrons. The number of amides is 1. The first-order valence-electron chi connectivity index (χ1n) is 9.02. The number of aromatic nitrogens is 1. The molecule has 1 amide bonds. The van der Waals surface area contributed by atoms with E-state index < -0.39 is 0 Å². The Kier molecular flexibility index (Phi) is 4.28. The maximum absolute atomic E-state index is 13.0. The van der Waals surface area contributed by atoms with Crippen LogP contribution in [0.4, 0.5) is 0 Å². The maximum Gasteiger partial charge on any atom is 0.242 e. The van der Waals surface area contributed by atoms with Crippen LogP contribution in [-0.2, 0) is 16.1 Å². The molecule has 24 heavy (non-hydrogen) atoms. The van der Waals surface area contributed by atoms with Gasteiger partial charge < -0.3 is 9.64 Å². The highest BCUT2D eigenvalue weighted by molar-refractivity contribution is 5.85. The van der Waals surface area contributed by atoms with Crippen LogP contribution in [0.2, 0.25) is 0 Å². The number of ether oxygens (including phenoxy) is 1. The monoisotopic (exact) mass is 330 g/mol. The average Bonchev–Trinajstić information content (AvgIpc) is 2.84. The van der Waals surface area contributed by atoms with Crippen LogP contribution < -0.4 is 0 Å². The molecular formula is C18H26N4O2. The second-order valence-corrected chi connectivity index (χ2v) is 6.98. The largest absolute Gasteiger partial charge is 0.381 e. The second kappa shape index (κ2) is 6.43. The molecule has 1 aromatic heterocycles. The van der Waals surface area contributed by atoms with Crippen LogP contribution in [0, 0.1) is 0 Å². The van der Waals surface area contributed by atoms with E-state index in [1.165, 1.54) is 5.56 Å². The molecular weight excluding hydrogens is 304 g/mol. The van der Waals surface area contributed by atoms with Crippen molar-refractivity contribution in [2.45, 2.75) is 38.0 Å². The molecule has 0 bridgehead atoms. The van der Waals surface area contributed by atoms with Gasteiger partial charge in [-0.05, 0) is 18.6 Å². The van der Waals surface area contributed by atoms with Crippen molar-refractivity contribution in [2.24, 2.45) is 0 Å². The second-order valence-electron chi connectivity index (χ2n) is 6.98. The Morgan fingerprint density at radius 1 is 1.33 bits per heavy atom. The number of fused-ring (bicyclic) bond motifs is 2. The zero-order valence-corrected chi connectivity index (χ0v) is 14.4. The zero-order chi connectivity index (χ0) is 16.6. The summed E-state index contributed by atoms with van der Waals surface area (Å²) in [5, 5.41) is 0. The number of likely N-dealkylation sites (N-methyl/N-ethyl adjacent to an activating group) is 1. The summed E-state index contributed by atoms with van der Waals surface area (Å²) in [6, 6.07) is 4.07. The number of hydrogen-bond acceptors (Lipinski definition) is 5. The first kappa shape index (κ1) is 16.0. The van der Waals surface area contributed by atoms with Gasteiger partial charge >= 0.3 is 0 Å². The van der Waals surface area contributed by atoms with Gasteiger partial charge in [0.2, 0.25) is 5.91 Å². The highest BCUT2D eigenvalue weighted by atomic mass is 16.5. The lowest BCUT2D eigenvalue weighted by molar-refractivity contribution is -0.135. The van der Waals surface area contributed by atoms with Gasteiger partial charge in [-0.2, -0.15) is 0 Å². The van der Waals surface area contributed by atoms with Crippen molar-refractivity contribution in [3.63, 3.8) is 0 Å². The van der Waals surface area contributed by atoms with E-state index in [1.54, 1.807) is 6.20 Å². The number of nitrogens with zero attached hydrogens (tertiary/aromatic N) is 4. The molecule has 3 aliphatic heterocycles. The number of hydrogen-bond donors (Lipinski definition) is 0. The Morgan fingerprint density at radius 2 is 2.17 bits per heavy atom. The third-order valence-corrected chi connectivity index (χ3v) is 5.79. The minimum absolute atomic E-state index is 0.00604. The van der Waals surface area contributed by atoms with Crippen LogP contribution in [-0.4, -0.2) is 76.7 Å². The van der Waals surface area contributed by atoms with Gasteiger partial charge in [-0.1, -0.05) is 6.07 Å². The normalized spacial score (nSPS) is 27.6. The first-order valence-corrected chi connectivity index (χ1v) is 9.02. The van der Waals surface area contributed by atoms with Crippen molar-refractivity contribution in [3.8, 4) is 0 Å². The molecule has 4 heterocycles. The molecule has 1 aromatic rings. The van der Waals surface area contributed by atoms with Gasteiger partial charge in [-0.3, -0.25) is 19.6 Å². The van der Waals surface area contributed by atoms with Crippen LogP contribution in [0.25, 0.3) is 0 Å². The Hall–Kier alpha value is -1.50. The minimum atomic E-state index is -0.102. The number of carbonyl (C=O) groups excluding carboxylic acids is 1. The SMILES string of the molecule is CCN1C(=O)[C@H]2CN(Cc3cccnc3)CCN2C12CCOCC2. The molecule has 1 atom stereocenters. The average molecular weight is 330 g/mol. The lowest BCUT2D eigenvalue weighted by atomic mass is 9.96. The van der Waals surface area contributed by atoms with E-state index >= 15 is 0 Å². The van der Waals surface area contributed by atoms with E-state index in [0.29, 0.717) is 5.91 Å². The fraction of sp³-hybridized carbons (Fsp3) is 0.667. The zero-order valence-electron chi connectivity index (χ0n) is 14.4. The van der Waals surface area contributed by atoms with E-state index in [9.17, 15) is 4.79 Å². The van der Waals surface area contributed by atoms with Gasteiger partial charge in [0.15, 0.2) is 0 Å². The van der Waals surface area contributed by atoms with Crippen LogP contribution in [0.3, 0.4) is 0 Å². The van der Waals surface area contributed by atoms with E-state index in [2.05, 4.69) is 32.7 Å². The lowest BCUT2D eigenvalue weighted by Gasteiger charge is -2.48. The van der Waals surface area contributed by atoms with Gasteiger partial charge in [0, 0.05) is 58.0 Å². The Balaban J connectivity index is 1.53. The highest BCUT2D eigenvalue weighted by Crippen LogP contribution is 2.41. The quantitative estimate of drug-likeness (QED) is 0.825. The molecule has 1 spiro atoms. The topological polar surface area (TPSA) is 48.9 Å². The Labute approximate surface area is 143 Å². The molecule has 3 fully saturated rings. The molecule has 0 aromatic carbocycles. The molecule has 0 N–H and O–H groups in total. The molecule has 0 saturated carbocycles. The van der Waals surface area contributed by atoms with Crippen molar-refractivity contribution < 1.29 is 9.53 Å². The predicted octanol–water partition coefficient (Wildman–Crippen LogP) is 0.937. The van der Waals surface area contributed by atoms with Crippen molar-refractivity contribution in [2.75, 3.05) is 39.4 Å². The minimum Gasteiger partial charge on any atom is -0.381 e. The van der Waals surface area contributed by atoms with Gasteiger partial charge in [-0.25, -0.2) is 0 Å². The Bertz CT molecular complexity index is 588. The fourth-order valence-corrected chi connectivity index (χ4v) is 4.69. The third-order valence-electron chi connectivity index (χ3n) is 5.79. The molecule has 6 nitrogen and oxygen atoms in total.